The maximum absolute atomic E-state index is 4.79. The summed E-state index contributed by atoms with van der Waals surface area (Å²) in [5.41, 5.74) is 4.91. The van der Waals surface area contributed by atoms with Gasteiger partial charge in [-0.2, -0.15) is 0 Å². The second-order valence-corrected chi connectivity index (χ2v) is 5.88. The van der Waals surface area contributed by atoms with Crippen molar-refractivity contribution in [3.8, 4) is 0 Å². The molecule has 0 saturated heterocycles. The molecule has 1 aromatic carbocycles. The van der Waals surface area contributed by atoms with Crippen LogP contribution in [0.3, 0.4) is 0 Å². The molecule has 4 nitrogen and oxygen atoms in total. The van der Waals surface area contributed by atoms with Gasteiger partial charge in [0.2, 0.25) is 0 Å². The molecule has 24 heavy (non-hydrogen) atoms. The molecule has 0 saturated carbocycles. The highest BCUT2D eigenvalue weighted by Crippen LogP contribution is 2.18. The van der Waals surface area contributed by atoms with Gasteiger partial charge in [-0.25, -0.2) is 4.99 Å². The zero-order chi connectivity index (χ0) is 16.1. The lowest BCUT2D eigenvalue weighted by Gasteiger charge is -2.31. The number of hydrogen-bond acceptors (Lipinski definition) is 2. The zero-order valence-electron chi connectivity index (χ0n) is 14.3. The van der Waals surface area contributed by atoms with E-state index in [0.717, 1.165) is 43.4 Å². The van der Waals surface area contributed by atoms with E-state index in [2.05, 4.69) is 46.4 Å². The molecule has 0 spiro atoms. The fraction of sp³-hybridized carbons (Fsp3) is 0.368. The summed E-state index contributed by atoms with van der Waals surface area (Å²) in [5, 5.41) is 3.42. The van der Waals surface area contributed by atoms with Crippen LogP contribution in [0.4, 0.5) is 0 Å². The molecule has 128 valence electrons. The molecular formula is C19H25IN4. The van der Waals surface area contributed by atoms with E-state index < -0.39 is 0 Å². The maximum atomic E-state index is 4.79. The molecule has 0 aliphatic carbocycles. The minimum Gasteiger partial charge on any atom is -0.356 e. The Morgan fingerprint density at radius 1 is 1.17 bits per heavy atom. The molecule has 0 fully saturated rings. The lowest BCUT2D eigenvalue weighted by Crippen LogP contribution is -2.44. The van der Waals surface area contributed by atoms with Crippen molar-refractivity contribution in [2.24, 2.45) is 4.99 Å². The standard InChI is InChI=1S/C19H24N4.HI/c1-3-20-19(21-13-18-10-6-7-15(2)22-18)23-12-11-16-8-4-5-9-17(16)14-23;/h4-10H,3,11-14H2,1-2H3,(H,20,21);1H. The molecule has 1 aliphatic rings. The smallest absolute Gasteiger partial charge is 0.194 e. The Labute approximate surface area is 161 Å². The van der Waals surface area contributed by atoms with Gasteiger partial charge < -0.3 is 10.2 Å². The Morgan fingerprint density at radius 2 is 1.96 bits per heavy atom. The zero-order valence-corrected chi connectivity index (χ0v) is 16.7. The van der Waals surface area contributed by atoms with E-state index in [1.807, 2.05) is 25.1 Å². The number of halogens is 1. The van der Waals surface area contributed by atoms with Gasteiger partial charge in [0.1, 0.15) is 0 Å². The summed E-state index contributed by atoms with van der Waals surface area (Å²) >= 11 is 0. The van der Waals surface area contributed by atoms with Crippen molar-refractivity contribution in [1.82, 2.24) is 15.2 Å². The second kappa shape index (κ2) is 9.01. The Balaban J connectivity index is 0.00000208. The number of nitrogens with zero attached hydrogens (tertiary/aromatic N) is 3. The average molecular weight is 436 g/mol. The summed E-state index contributed by atoms with van der Waals surface area (Å²) < 4.78 is 0. The molecule has 0 atom stereocenters. The van der Waals surface area contributed by atoms with E-state index in [4.69, 9.17) is 4.99 Å². The number of aromatic nitrogens is 1. The van der Waals surface area contributed by atoms with E-state index in [1.165, 1.54) is 11.1 Å². The molecule has 1 N–H and O–H groups in total. The Kier molecular flexibility index (Phi) is 7.02. The molecule has 1 aliphatic heterocycles. The van der Waals surface area contributed by atoms with Crippen LogP contribution in [0.5, 0.6) is 0 Å². The fourth-order valence-corrected chi connectivity index (χ4v) is 2.95. The number of rotatable bonds is 3. The number of nitrogens with one attached hydrogen (secondary N) is 1. The quantitative estimate of drug-likeness (QED) is 0.455. The monoisotopic (exact) mass is 436 g/mol. The molecule has 0 unspecified atom stereocenters. The van der Waals surface area contributed by atoms with Crippen molar-refractivity contribution in [2.75, 3.05) is 13.1 Å². The highest BCUT2D eigenvalue weighted by molar-refractivity contribution is 14.0. The predicted octanol–water partition coefficient (Wildman–Crippen LogP) is 3.53. The van der Waals surface area contributed by atoms with Crippen molar-refractivity contribution < 1.29 is 0 Å². The third-order valence-electron chi connectivity index (χ3n) is 4.10. The van der Waals surface area contributed by atoms with Crippen LogP contribution in [0, 0.1) is 6.92 Å². The summed E-state index contributed by atoms with van der Waals surface area (Å²) in [4.78, 5) is 11.7. The van der Waals surface area contributed by atoms with Crippen LogP contribution in [0.15, 0.2) is 47.5 Å². The summed E-state index contributed by atoms with van der Waals surface area (Å²) in [6, 6.07) is 14.8. The minimum absolute atomic E-state index is 0. The third-order valence-corrected chi connectivity index (χ3v) is 4.10. The summed E-state index contributed by atoms with van der Waals surface area (Å²) in [5.74, 6) is 0.977. The number of aliphatic imine (C=N–C) groups is 1. The number of guanidine groups is 1. The van der Waals surface area contributed by atoms with Crippen LogP contribution in [-0.4, -0.2) is 28.9 Å². The number of fused-ring (bicyclic) bond motifs is 1. The van der Waals surface area contributed by atoms with Crippen molar-refractivity contribution in [2.45, 2.75) is 33.4 Å². The normalized spacial score (nSPS) is 13.9. The second-order valence-electron chi connectivity index (χ2n) is 5.88. The molecule has 0 radical (unpaired) electrons. The van der Waals surface area contributed by atoms with Crippen LogP contribution >= 0.6 is 24.0 Å². The fourth-order valence-electron chi connectivity index (χ4n) is 2.95. The molecule has 0 amide bonds. The highest BCUT2D eigenvalue weighted by atomic mass is 127. The van der Waals surface area contributed by atoms with Gasteiger partial charge in [0, 0.05) is 25.3 Å². The predicted molar refractivity (Wildman–Crippen MR) is 110 cm³/mol. The van der Waals surface area contributed by atoms with Crippen LogP contribution in [0.1, 0.15) is 29.4 Å². The van der Waals surface area contributed by atoms with Gasteiger partial charge in [0.15, 0.2) is 5.96 Å². The number of pyridine rings is 1. The van der Waals surface area contributed by atoms with Crippen molar-refractivity contribution in [1.29, 1.82) is 0 Å². The molecule has 2 aromatic rings. The first-order valence-corrected chi connectivity index (χ1v) is 8.29. The lowest BCUT2D eigenvalue weighted by atomic mass is 10.0. The maximum Gasteiger partial charge on any atom is 0.194 e. The van der Waals surface area contributed by atoms with Gasteiger partial charge in [-0.3, -0.25) is 4.98 Å². The van der Waals surface area contributed by atoms with E-state index in [-0.39, 0.29) is 24.0 Å². The van der Waals surface area contributed by atoms with E-state index in [9.17, 15) is 0 Å². The van der Waals surface area contributed by atoms with E-state index in [1.54, 1.807) is 0 Å². The van der Waals surface area contributed by atoms with Crippen molar-refractivity contribution >= 4 is 29.9 Å². The third kappa shape index (κ3) is 4.69. The number of hydrogen-bond donors (Lipinski definition) is 1. The molecule has 0 bridgehead atoms. The minimum atomic E-state index is 0. The van der Waals surface area contributed by atoms with Gasteiger partial charge in [0.05, 0.1) is 12.2 Å². The topological polar surface area (TPSA) is 40.5 Å². The SMILES string of the molecule is CCNC(=NCc1cccc(C)n1)N1CCc2ccccc2C1.I. The van der Waals surface area contributed by atoms with Gasteiger partial charge in [-0.1, -0.05) is 30.3 Å². The Bertz CT molecular complexity index is 699. The van der Waals surface area contributed by atoms with Crippen LogP contribution in [0.25, 0.3) is 0 Å². The summed E-state index contributed by atoms with van der Waals surface area (Å²) in [6.07, 6.45) is 1.07. The average Bonchev–Trinajstić information content (AvgIpc) is 2.58. The number of benzene rings is 1. The molecule has 2 heterocycles. The largest absolute Gasteiger partial charge is 0.356 e. The number of aryl methyl sites for hydroxylation is 1. The van der Waals surface area contributed by atoms with Crippen LogP contribution in [-0.2, 0) is 19.5 Å². The van der Waals surface area contributed by atoms with E-state index >= 15 is 0 Å². The van der Waals surface area contributed by atoms with Crippen LogP contribution < -0.4 is 5.32 Å². The summed E-state index contributed by atoms with van der Waals surface area (Å²) in [6.45, 7) is 7.53. The first-order chi connectivity index (χ1) is 11.3. The summed E-state index contributed by atoms with van der Waals surface area (Å²) in [7, 11) is 0. The first-order valence-electron chi connectivity index (χ1n) is 8.29. The highest BCUT2D eigenvalue weighted by Gasteiger charge is 2.18. The lowest BCUT2D eigenvalue weighted by molar-refractivity contribution is 0.378. The first kappa shape index (κ1) is 18.7. The molecular weight excluding hydrogens is 411 g/mol. The van der Waals surface area contributed by atoms with Gasteiger partial charge in [-0.15, -0.1) is 24.0 Å². The van der Waals surface area contributed by atoms with Crippen LogP contribution in [0.2, 0.25) is 0 Å². The van der Waals surface area contributed by atoms with Gasteiger partial charge >= 0.3 is 0 Å². The molecule has 3 rings (SSSR count). The van der Waals surface area contributed by atoms with Crippen molar-refractivity contribution in [3.63, 3.8) is 0 Å². The molecule has 1 aromatic heterocycles. The van der Waals surface area contributed by atoms with Gasteiger partial charge in [0.25, 0.3) is 0 Å². The van der Waals surface area contributed by atoms with Crippen molar-refractivity contribution in [3.05, 3.63) is 65.0 Å². The van der Waals surface area contributed by atoms with Gasteiger partial charge in [-0.05, 0) is 43.5 Å². The van der Waals surface area contributed by atoms with E-state index in [0.29, 0.717) is 6.54 Å². The Hall–Kier alpha value is -1.63. The Morgan fingerprint density at radius 3 is 2.71 bits per heavy atom. The molecule has 5 heteroatoms.